The second-order valence-corrected chi connectivity index (χ2v) is 5.75. The van der Waals surface area contributed by atoms with Crippen LogP contribution in [0.3, 0.4) is 0 Å². The number of pyridine rings is 1. The largest absolute Gasteiger partial charge is 0.379 e. The molecule has 116 valence electrons. The Morgan fingerprint density at radius 3 is 2.32 bits per heavy atom. The molecule has 1 unspecified atom stereocenters. The van der Waals surface area contributed by atoms with Crippen LogP contribution in [0.25, 0.3) is 0 Å². The Hall–Kier alpha value is -2.08. The van der Waals surface area contributed by atoms with Gasteiger partial charge in [0.2, 0.25) is 5.95 Å². The number of nitrogens with zero attached hydrogens (tertiary/aromatic N) is 4. The van der Waals surface area contributed by atoms with Crippen LogP contribution in [0.4, 0.5) is 10.3 Å². The number of hydrogen-bond donors (Lipinski definition) is 1. The lowest BCUT2D eigenvalue weighted by atomic mass is 9.94. The van der Waals surface area contributed by atoms with E-state index in [1.54, 1.807) is 19.3 Å². The van der Waals surface area contributed by atoms with Gasteiger partial charge in [-0.05, 0) is 38.3 Å². The van der Waals surface area contributed by atoms with Gasteiger partial charge in [-0.3, -0.25) is 4.98 Å². The van der Waals surface area contributed by atoms with Crippen LogP contribution in [0.2, 0.25) is 0 Å². The average molecular weight is 302 g/mol. The minimum atomic E-state index is -1.35. The molecule has 0 radical (unpaired) electrons. The number of aliphatic hydroxyl groups is 1. The predicted molar refractivity (Wildman–Crippen MR) is 81.0 cm³/mol. The van der Waals surface area contributed by atoms with E-state index >= 15 is 0 Å². The van der Waals surface area contributed by atoms with Crippen LogP contribution in [0.1, 0.15) is 37.4 Å². The lowest BCUT2D eigenvalue weighted by Gasteiger charge is -2.27. The van der Waals surface area contributed by atoms with Gasteiger partial charge >= 0.3 is 0 Å². The van der Waals surface area contributed by atoms with Gasteiger partial charge in [-0.15, -0.1) is 0 Å². The molecule has 0 aromatic carbocycles. The highest BCUT2D eigenvalue weighted by molar-refractivity contribution is 5.34. The zero-order chi connectivity index (χ0) is 15.6. The Morgan fingerprint density at radius 2 is 1.73 bits per heavy atom. The van der Waals surface area contributed by atoms with Crippen LogP contribution in [0.5, 0.6) is 0 Å². The zero-order valence-corrected chi connectivity index (χ0v) is 12.5. The molecule has 0 amide bonds. The van der Waals surface area contributed by atoms with E-state index in [1.807, 2.05) is 0 Å². The van der Waals surface area contributed by atoms with Crippen molar-refractivity contribution in [1.29, 1.82) is 0 Å². The van der Waals surface area contributed by atoms with E-state index in [-0.39, 0.29) is 0 Å². The highest BCUT2D eigenvalue weighted by Gasteiger charge is 2.28. The summed E-state index contributed by atoms with van der Waals surface area (Å²) in [4.78, 5) is 14.8. The minimum Gasteiger partial charge on any atom is -0.379 e. The van der Waals surface area contributed by atoms with Gasteiger partial charge < -0.3 is 10.0 Å². The molecule has 2 aromatic rings. The number of hydrogen-bond acceptors (Lipinski definition) is 5. The Morgan fingerprint density at radius 1 is 1.05 bits per heavy atom. The fourth-order valence-electron chi connectivity index (χ4n) is 2.64. The van der Waals surface area contributed by atoms with Crippen molar-refractivity contribution in [2.24, 2.45) is 0 Å². The van der Waals surface area contributed by atoms with Crippen molar-refractivity contribution in [3.63, 3.8) is 0 Å². The molecule has 5 nitrogen and oxygen atoms in total. The summed E-state index contributed by atoms with van der Waals surface area (Å²) in [5, 5.41) is 10.7. The van der Waals surface area contributed by atoms with Crippen molar-refractivity contribution in [1.82, 2.24) is 15.0 Å². The topological polar surface area (TPSA) is 62.1 Å². The molecule has 0 bridgehead atoms. The summed E-state index contributed by atoms with van der Waals surface area (Å²) >= 11 is 0. The lowest BCUT2D eigenvalue weighted by Crippen LogP contribution is -2.31. The van der Waals surface area contributed by atoms with Crippen molar-refractivity contribution in [2.45, 2.75) is 31.8 Å². The first kappa shape index (κ1) is 14.8. The van der Waals surface area contributed by atoms with Gasteiger partial charge in [-0.1, -0.05) is 0 Å². The van der Waals surface area contributed by atoms with E-state index in [4.69, 9.17) is 0 Å². The Bertz CT molecular complexity index is 622. The van der Waals surface area contributed by atoms with E-state index in [0.29, 0.717) is 17.2 Å². The minimum absolute atomic E-state index is 0.364. The Balaban J connectivity index is 1.83. The summed E-state index contributed by atoms with van der Waals surface area (Å²) in [5.41, 5.74) is -0.454. The number of rotatable bonds is 3. The van der Waals surface area contributed by atoms with Gasteiger partial charge in [0.1, 0.15) is 11.4 Å². The molecule has 1 aliphatic heterocycles. The molecule has 1 N–H and O–H groups in total. The first-order valence-electron chi connectivity index (χ1n) is 7.49. The van der Waals surface area contributed by atoms with E-state index < -0.39 is 11.4 Å². The van der Waals surface area contributed by atoms with Crippen molar-refractivity contribution in [2.75, 3.05) is 18.0 Å². The molecule has 1 saturated heterocycles. The maximum absolute atomic E-state index is 13.0. The van der Waals surface area contributed by atoms with Crippen LogP contribution >= 0.6 is 0 Å². The zero-order valence-electron chi connectivity index (χ0n) is 12.5. The maximum atomic E-state index is 13.0. The molecule has 3 rings (SSSR count). The van der Waals surface area contributed by atoms with Gasteiger partial charge in [0.05, 0.1) is 11.9 Å². The third kappa shape index (κ3) is 2.92. The molecular formula is C16H19FN4O. The quantitative estimate of drug-likeness (QED) is 0.942. The fraction of sp³-hybridized carbons (Fsp3) is 0.438. The summed E-state index contributed by atoms with van der Waals surface area (Å²) in [5.74, 6) is 0.252. The molecular weight excluding hydrogens is 283 g/mol. The predicted octanol–water partition coefficient (Wildman–Crippen LogP) is 2.26. The van der Waals surface area contributed by atoms with Gasteiger partial charge in [0, 0.05) is 31.0 Å². The third-order valence-electron chi connectivity index (χ3n) is 4.07. The van der Waals surface area contributed by atoms with E-state index in [2.05, 4.69) is 19.9 Å². The van der Waals surface area contributed by atoms with Crippen molar-refractivity contribution < 1.29 is 9.50 Å². The van der Waals surface area contributed by atoms with Crippen LogP contribution in [0.15, 0.2) is 30.7 Å². The van der Waals surface area contributed by atoms with Crippen molar-refractivity contribution >= 4 is 5.95 Å². The van der Waals surface area contributed by atoms with Gasteiger partial charge in [-0.25, -0.2) is 14.4 Å². The SMILES string of the molecule is CC(O)(c1cnc(N2CCCCC2)nc1)c1ccc(F)cn1. The summed E-state index contributed by atoms with van der Waals surface area (Å²) in [6, 6.07) is 2.74. The van der Waals surface area contributed by atoms with Gasteiger partial charge in [-0.2, -0.15) is 0 Å². The summed E-state index contributed by atoms with van der Waals surface area (Å²) in [7, 11) is 0. The monoisotopic (exact) mass is 302 g/mol. The van der Waals surface area contributed by atoms with Crippen LogP contribution in [-0.2, 0) is 5.60 Å². The fourth-order valence-corrected chi connectivity index (χ4v) is 2.64. The van der Waals surface area contributed by atoms with Crippen molar-refractivity contribution in [3.8, 4) is 0 Å². The van der Waals surface area contributed by atoms with Gasteiger partial charge in [0.25, 0.3) is 0 Å². The molecule has 0 saturated carbocycles. The highest BCUT2D eigenvalue weighted by atomic mass is 19.1. The number of aromatic nitrogens is 3. The molecule has 0 spiro atoms. The molecule has 6 heteroatoms. The first-order chi connectivity index (χ1) is 10.6. The average Bonchev–Trinajstić information content (AvgIpc) is 2.56. The van der Waals surface area contributed by atoms with Crippen LogP contribution < -0.4 is 4.90 Å². The third-order valence-corrected chi connectivity index (χ3v) is 4.07. The van der Waals surface area contributed by atoms with Crippen LogP contribution in [0, 0.1) is 5.82 Å². The van der Waals surface area contributed by atoms with E-state index in [0.717, 1.165) is 32.1 Å². The summed E-state index contributed by atoms with van der Waals surface area (Å²) in [6.07, 6.45) is 7.88. The molecule has 22 heavy (non-hydrogen) atoms. The summed E-state index contributed by atoms with van der Waals surface area (Å²) < 4.78 is 13.0. The van der Waals surface area contributed by atoms with E-state index in [1.165, 1.54) is 18.6 Å². The molecule has 3 heterocycles. The smallest absolute Gasteiger partial charge is 0.225 e. The standard InChI is InChI=1S/C16H19FN4O/c1-16(22,14-6-5-13(17)11-18-14)12-9-19-15(20-10-12)21-7-3-2-4-8-21/h5-6,9-11,22H,2-4,7-8H2,1H3. The summed E-state index contributed by atoms with van der Waals surface area (Å²) in [6.45, 7) is 3.54. The first-order valence-corrected chi connectivity index (χ1v) is 7.49. The highest BCUT2D eigenvalue weighted by Crippen LogP contribution is 2.27. The molecule has 1 fully saturated rings. The Kier molecular flexibility index (Phi) is 4.02. The van der Waals surface area contributed by atoms with Crippen LogP contribution in [-0.4, -0.2) is 33.1 Å². The Labute approximate surface area is 128 Å². The van der Waals surface area contributed by atoms with Gasteiger partial charge in [0.15, 0.2) is 0 Å². The number of halogens is 1. The molecule has 1 atom stereocenters. The molecule has 2 aromatic heterocycles. The maximum Gasteiger partial charge on any atom is 0.225 e. The molecule has 0 aliphatic carbocycles. The number of piperidine rings is 1. The second-order valence-electron chi connectivity index (χ2n) is 5.75. The molecule has 1 aliphatic rings. The number of anilines is 1. The van der Waals surface area contributed by atoms with E-state index in [9.17, 15) is 9.50 Å². The normalized spacial score (nSPS) is 18.0. The second kappa shape index (κ2) is 5.96. The lowest BCUT2D eigenvalue weighted by molar-refractivity contribution is 0.0965. The van der Waals surface area contributed by atoms with Crippen molar-refractivity contribution in [3.05, 3.63) is 47.8 Å².